The molecular weight excluding hydrogens is 630 g/mol. The van der Waals surface area contributed by atoms with Crippen LogP contribution in [0, 0.1) is 11.8 Å². The number of hydrogen-bond acceptors (Lipinski definition) is 8. The number of nitrogens with one attached hydrogen (secondary N) is 5. The molecule has 7 N–H and O–H groups in total. The molecule has 1 heterocycles. The summed E-state index contributed by atoms with van der Waals surface area (Å²) in [6, 6.07) is -3.60. The molecule has 0 spiro atoms. The molecule has 0 aromatic carbocycles. The van der Waals surface area contributed by atoms with E-state index >= 15 is 0 Å². The Morgan fingerprint density at radius 2 is 1.51 bits per heavy atom. The second kappa shape index (κ2) is 21.7. The van der Waals surface area contributed by atoms with E-state index < -0.39 is 71.9 Å². The topological polar surface area (TPSA) is 201 Å². The van der Waals surface area contributed by atoms with E-state index in [2.05, 4.69) is 33.5 Å². The predicted molar refractivity (Wildman–Crippen MR) is 187 cm³/mol. The quantitative estimate of drug-likeness (QED) is 0.146. The Balaban J connectivity index is 2.55. The Morgan fingerprint density at radius 1 is 0.837 bits per heavy atom. The van der Waals surface area contributed by atoms with Gasteiger partial charge >= 0.3 is 0 Å². The van der Waals surface area contributed by atoms with E-state index in [1.54, 1.807) is 20.9 Å². The summed E-state index contributed by atoms with van der Waals surface area (Å²) in [4.78, 5) is 82.2. The first-order chi connectivity index (χ1) is 23.3. The van der Waals surface area contributed by atoms with Crippen molar-refractivity contribution in [2.24, 2.45) is 17.6 Å². The fraction of sp³-hybridized carbons (Fsp3) is 0.829. The van der Waals surface area contributed by atoms with E-state index in [0.29, 0.717) is 32.1 Å². The van der Waals surface area contributed by atoms with Crippen molar-refractivity contribution in [2.75, 3.05) is 20.2 Å². The SMILES string of the molecule is CCCCCC[C@H]1OC[C@@H](C)NC(=O)[C@@H](NC(C)=O)NC(=O)[C@H](CN)NC(=O)[C@H](C2CCCCCC2)NC(=O)[C@H](CCC)N(C)C(=O)[C@@H]1C. The third-order valence-corrected chi connectivity index (χ3v) is 9.63. The molecule has 1 aliphatic carbocycles. The van der Waals surface area contributed by atoms with Gasteiger partial charge in [-0.15, -0.1) is 0 Å². The van der Waals surface area contributed by atoms with Crippen LogP contribution in [-0.4, -0.2) is 97.0 Å². The molecule has 2 fully saturated rings. The molecule has 6 amide bonds. The van der Waals surface area contributed by atoms with Crippen LogP contribution < -0.4 is 32.3 Å². The summed E-state index contributed by atoms with van der Waals surface area (Å²) >= 11 is 0. The second-order valence-corrected chi connectivity index (χ2v) is 13.8. The summed E-state index contributed by atoms with van der Waals surface area (Å²) in [6.45, 7) is 8.56. The molecule has 1 aliphatic heterocycles. The monoisotopic (exact) mass is 693 g/mol. The summed E-state index contributed by atoms with van der Waals surface area (Å²) in [5.74, 6) is -4.06. The van der Waals surface area contributed by atoms with Gasteiger partial charge < -0.3 is 42.0 Å². The van der Waals surface area contributed by atoms with E-state index in [0.717, 1.165) is 51.4 Å². The molecule has 0 bridgehead atoms. The van der Waals surface area contributed by atoms with E-state index in [4.69, 9.17) is 10.5 Å². The largest absolute Gasteiger partial charge is 0.375 e. The van der Waals surface area contributed by atoms with Crippen molar-refractivity contribution < 1.29 is 33.5 Å². The molecule has 1 saturated heterocycles. The predicted octanol–water partition coefficient (Wildman–Crippen LogP) is 1.60. The number of nitrogens with two attached hydrogens (primary N) is 1. The van der Waals surface area contributed by atoms with Crippen LogP contribution in [0.3, 0.4) is 0 Å². The maximum atomic E-state index is 14.0. The second-order valence-electron chi connectivity index (χ2n) is 13.8. The molecule has 0 radical (unpaired) electrons. The molecule has 49 heavy (non-hydrogen) atoms. The standard InChI is InChI=1S/C35H63N7O7/c1-7-9-10-15-19-28-23(4)35(48)42(6)27(16-8-2)32(45)40-29(25-17-13-11-12-14-18-25)33(46)39-26(20-36)31(44)41-30(38-24(5)43)34(47)37-22(3)21-49-28/h22-23,25-30H,7-21,36H2,1-6H3,(H,37,47)(H,38,43)(H,39,46)(H,40,45)(H,41,44)/t22-,23-,26+,27+,28-,29+,30+/m1/s1. The number of carbonyl (C=O) groups is 6. The van der Waals surface area contributed by atoms with Crippen LogP contribution in [0.1, 0.15) is 118 Å². The van der Waals surface area contributed by atoms with Crippen molar-refractivity contribution in [2.45, 2.75) is 155 Å². The maximum absolute atomic E-state index is 14.0. The van der Waals surface area contributed by atoms with Crippen molar-refractivity contribution in [3.05, 3.63) is 0 Å². The number of hydrogen-bond donors (Lipinski definition) is 6. The summed E-state index contributed by atoms with van der Waals surface area (Å²) in [7, 11) is 1.62. The highest BCUT2D eigenvalue weighted by Gasteiger charge is 2.38. The minimum atomic E-state index is -1.45. The van der Waals surface area contributed by atoms with Gasteiger partial charge in [0.1, 0.15) is 18.1 Å². The number of unbranched alkanes of at least 4 members (excludes halogenated alkanes) is 3. The van der Waals surface area contributed by atoms with Gasteiger partial charge in [-0.25, -0.2) is 0 Å². The Bertz CT molecular complexity index is 1100. The molecule has 14 heteroatoms. The van der Waals surface area contributed by atoms with Gasteiger partial charge in [0.25, 0.3) is 5.91 Å². The molecule has 280 valence electrons. The number of nitrogens with zero attached hydrogens (tertiary/aromatic N) is 1. The number of amides is 6. The normalized spacial score (nSPS) is 29.3. The third kappa shape index (κ3) is 13.5. The first kappa shape index (κ1) is 41.9. The average molecular weight is 694 g/mol. The molecule has 2 rings (SSSR count). The highest BCUT2D eigenvalue weighted by molar-refractivity contribution is 5.96. The molecule has 1 saturated carbocycles. The van der Waals surface area contributed by atoms with Crippen LogP contribution in [0.2, 0.25) is 0 Å². The van der Waals surface area contributed by atoms with E-state index in [1.165, 1.54) is 11.8 Å². The van der Waals surface area contributed by atoms with Gasteiger partial charge in [0, 0.05) is 26.6 Å². The number of ether oxygens (including phenoxy) is 1. The van der Waals surface area contributed by atoms with Crippen molar-refractivity contribution >= 4 is 35.4 Å². The summed E-state index contributed by atoms with van der Waals surface area (Å²) in [5.41, 5.74) is 5.93. The summed E-state index contributed by atoms with van der Waals surface area (Å²) < 4.78 is 6.29. The Labute approximate surface area is 292 Å². The fourth-order valence-corrected chi connectivity index (χ4v) is 6.69. The lowest BCUT2D eigenvalue weighted by Gasteiger charge is -2.34. The highest BCUT2D eigenvalue weighted by atomic mass is 16.5. The first-order valence-electron chi connectivity index (χ1n) is 18.4. The molecule has 14 nitrogen and oxygen atoms in total. The fourth-order valence-electron chi connectivity index (χ4n) is 6.69. The van der Waals surface area contributed by atoms with Gasteiger partial charge in [0.2, 0.25) is 29.5 Å². The van der Waals surface area contributed by atoms with Gasteiger partial charge in [0.15, 0.2) is 6.17 Å². The van der Waals surface area contributed by atoms with E-state index in [-0.39, 0.29) is 25.0 Å². The van der Waals surface area contributed by atoms with Crippen molar-refractivity contribution in [3.63, 3.8) is 0 Å². The molecule has 0 aromatic rings. The lowest BCUT2D eigenvalue weighted by Crippen LogP contribution is -2.63. The number of rotatable bonds is 10. The smallest absolute Gasteiger partial charge is 0.263 e. The zero-order valence-corrected chi connectivity index (χ0v) is 30.6. The summed E-state index contributed by atoms with van der Waals surface area (Å²) in [5, 5.41) is 13.4. The number of likely N-dealkylation sites (N-methyl/N-ethyl adjacent to an activating group) is 1. The van der Waals surface area contributed by atoms with Crippen molar-refractivity contribution in [3.8, 4) is 0 Å². The van der Waals surface area contributed by atoms with E-state index in [9.17, 15) is 28.8 Å². The van der Waals surface area contributed by atoms with Crippen LogP contribution in [0.5, 0.6) is 0 Å². The minimum absolute atomic E-state index is 0.0652. The van der Waals surface area contributed by atoms with Crippen LogP contribution in [0.25, 0.3) is 0 Å². The highest BCUT2D eigenvalue weighted by Crippen LogP contribution is 2.27. The molecule has 0 unspecified atom stereocenters. The van der Waals surface area contributed by atoms with Crippen LogP contribution in [-0.2, 0) is 33.5 Å². The molecule has 0 aromatic heterocycles. The Hall–Kier alpha value is -3.26. The summed E-state index contributed by atoms with van der Waals surface area (Å²) in [6.07, 6.45) is 8.87. The van der Waals surface area contributed by atoms with E-state index in [1.807, 2.05) is 6.92 Å². The third-order valence-electron chi connectivity index (χ3n) is 9.63. The van der Waals surface area contributed by atoms with Gasteiger partial charge in [-0.3, -0.25) is 28.8 Å². The molecule has 2 aliphatic rings. The van der Waals surface area contributed by atoms with Gasteiger partial charge in [0.05, 0.1) is 18.6 Å². The lowest BCUT2D eigenvalue weighted by molar-refractivity contribution is -0.147. The molecular formula is C35H63N7O7. The van der Waals surface area contributed by atoms with Crippen LogP contribution >= 0.6 is 0 Å². The van der Waals surface area contributed by atoms with Gasteiger partial charge in [-0.05, 0) is 38.5 Å². The van der Waals surface area contributed by atoms with Crippen LogP contribution in [0.4, 0.5) is 0 Å². The lowest BCUT2D eigenvalue weighted by atomic mass is 9.90. The average Bonchev–Trinajstić information content (AvgIpc) is 3.35. The van der Waals surface area contributed by atoms with Crippen molar-refractivity contribution in [1.82, 2.24) is 31.5 Å². The van der Waals surface area contributed by atoms with Crippen LogP contribution in [0.15, 0.2) is 0 Å². The number of carbonyl (C=O) groups excluding carboxylic acids is 6. The zero-order valence-electron chi connectivity index (χ0n) is 30.6. The molecule has 7 atom stereocenters. The first-order valence-corrected chi connectivity index (χ1v) is 18.4. The minimum Gasteiger partial charge on any atom is -0.375 e. The zero-order chi connectivity index (χ0) is 36.5. The Kier molecular flexibility index (Phi) is 18.6. The van der Waals surface area contributed by atoms with Gasteiger partial charge in [-0.1, -0.05) is 78.6 Å². The maximum Gasteiger partial charge on any atom is 0.263 e. The van der Waals surface area contributed by atoms with Gasteiger partial charge in [-0.2, -0.15) is 0 Å². The van der Waals surface area contributed by atoms with Crippen molar-refractivity contribution in [1.29, 1.82) is 0 Å². The Morgan fingerprint density at radius 3 is 2.10 bits per heavy atom.